The van der Waals surface area contributed by atoms with Gasteiger partial charge in [0.25, 0.3) is 0 Å². The molecule has 0 atom stereocenters. The summed E-state index contributed by atoms with van der Waals surface area (Å²) in [6.07, 6.45) is 11.7. The van der Waals surface area contributed by atoms with Crippen molar-refractivity contribution in [1.29, 1.82) is 0 Å². The predicted molar refractivity (Wildman–Crippen MR) is 105 cm³/mol. The van der Waals surface area contributed by atoms with Gasteiger partial charge in [-0.3, -0.25) is 9.97 Å². The second-order valence-corrected chi connectivity index (χ2v) is 5.71. The summed E-state index contributed by atoms with van der Waals surface area (Å²) in [5.41, 5.74) is 1.82. The molecule has 0 saturated heterocycles. The first-order chi connectivity index (χ1) is 11.8. The lowest BCUT2D eigenvalue weighted by atomic mass is 10.2. The van der Waals surface area contributed by atoms with Crippen LogP contribution in [0, 0.1) is 0 Å². The summed E-state index contributed by atoms with van der Waals surface area (Å²) < 4.78 is 4.83. The fourth-order valence-electron chi connectivity index (χ4n) is 1.34. The lowest BCUT2D eigenvalue weighted by molar-refractivity contribution is -0.148. The molecule has 4 nitrogen and oxygen atoms in total. The Balaban J connectivity index is 0.000000346. The van der Waals surface area contributed by atoms with Gasteiger partial charge in [-0.05, 0) is 56.2 Å². The van der Waals surface area contributed by atoms with Crippen LogP contribution in [0.15, 0.2) is 74.9 Å². The van der Waals surface area contributed by atoms with Crippen molar-refractivity contribution in [3.63, 3.8) is 0 Å². The van der Waals surface area contributed by atoms with Crippen molar-refractivity contribution in [2.45, 2.75) is 26.4 Å². The third kappa shape index (κ3) is 13.2. The maximum atomic E-state index is 10.5. The van der Waals surface area contributed by atoms with Gasteiger partial charge in [-0.1, -0.05) is 31.9 Å². The summed E-state index contributed by atoms with van der Waals surface area (Å²) in [5, 5.41) is 0. The van der Waals surface area contributed by atoms with E-state index in [2.05, 4.69) is 29.7 Å². The van der Waals surface area contributed by atoms with Gasteiger partial charge in [-0.15, -0.1) is 0 Å². The van der Waals surface area contributed by atoms with E-state index < -0.39 is 5.60 Å². The molecular weight excluding hydrogens is 312 g/mol. The third-order valence-corrected chi connectivity index (χ3v) is 2.46. The van der Waals surface area contributed by atoms with Crippen molar-refractivity contribution in [2.24, 2.45) is 0 Å². The highest BCUT2D eigenvalue weighted by Gasteiger charge is 2.12. The highest BCUT2D eigenvalue weighted by Crippen LogP contribution is 2.06. The van der Waals surface area contributed by atoms with E-state index in [1.54, 1.807) is 36.9 Å². The van der Waals surface area contributed by atoms with Gasteiger partial charge >= 0.3 is 5.97 Å². The van der Waals surface area contributed by atoms with Gasteiger partial charge in [0, 0.05) is 30.9 Å². The lowest BCUT2D eigenvalue weighted by Gasteiger charge is -2.17. The van der Waals surface area contributed by atoms with Crippen LogP contribution in [0.3, 0.4) is 0 Å². The first kappa shape index (κ1) is 22.0. The molecule has 25 heavy (non-hydrogen) atoms. The molecular formula is C21H26N2O2. The van der Waals surface area contributed by atoms with Crippen molar-refractivity contribution in [3.8, 4) is 0 Å². The van der Waals surface area contributed by atoms with Crippen molar-refractivity contribution >= 4 is 18.1 Å². The average Bonchev–Trinajstić information content (AvgIpc) is 2.62. The lowest BCUT2D eigenvalue weighted by Crippen LogP contribution is -2.22. The van der Waals surface area contributed by atoms with Crippen molar-refractivity contribution < 1.29 is 9.53 Å². The summed E-state index contributed by atoms with van der Waals surface area (Å²) in [5.74, 6) is -0.373. The smallest absolute Gasteiger partial charge is 0.330 e. The number of ether oxygens (including phenoxy) is 1. The van der Waals surface area contributed by atoms with Gasteiger partial charge in [0.1, 0.15) is 5.60 Å². The van der Waals surface area contributed by atoms with Crippen LogP contribution in [0.2, 0.25) is 0 Å². The molecule has 0 aliphatic carbocycles. The van der Waals surface area contributed by atoms with Crippen molar-refractivity contribution in [1.82, 2.24) is 9.97 Å². The van der Waals surface area contributed by atoms with Crippen molar-refractivity contribution in [2.75, 3.05) is 0 Å². The fourth-order valence-corrected chi connectivity index (χ4v) is 1.34. The number of pyridine rings is 2. The number of nitrogens with zero attached hydrogens (tertiary/aromatic N) is 2. The number of carbonyl (C=O) groups is 1. The second-order valence-electron chi connectivity index (χ2n) is 5.71. The van der Waals surface area contributed by atoms with Gasteiger partial charge in [-0.2, -0.15) is 0 Å². The van der Waals surface area contributed by atoms with Crippen LogP contribution < -0.4 is 0 Å². The molecule has 0 radical (unpaired) electrons. The van der Waals surface area contributed by atoms with Crippen LogP contribution in [0.4, 0.5) is 0 Å². The minimum absolute atomic E-state index is 0.373. The van der Waals surface area contributed by atoms with Crippen LogP contribution in [0.5, 0.6) is 0 Å². The van der Waals surface area contributed by atoms with Crippen LogP contribution in [0.25, 0.3) is 12.2 Å². The summed E-state index contributed by atoms with van der Waals surface area (Å²) in [6.45, 7) is 15.9. The van der Waals surface area contributed by atoms with Crippen LogP contribution in [-0.4, -0.2) is 21.5 Å². The van der Waals surface area contributed by atoms with Crippen LogP contribution >= 0.6 is 0 Å². The maximum Gasteiger partial charge on any atom is 0.330 e. The fraction of sp³-hybridized carbons (Fsp3) is 0.190. The van der Waals surface area contributed by atoms with Gasteiger partial charge in [0.05, 0.1) is 0 Å². The SMILES string of the molecule is C=CC(=O)OC(C)(C)C.C=Cc1ccncc1.C=Cc1ccncc1. The Morgan fingerprint density at radius 1 is 0.880 bits per heavy atom. The Bertz CT molecular complexity index is 601. The molecule has 2 rings (SSSR count). The van der Waals surface area contributed by atoms with E-state index >= 15 is 0 Å². The molecule has 0 aliphatic rings. The molecule has 2 heterocycles. The van der Waals surface area contributed by atoms with Gasteiger partial charge in [-0.25, -0.2) is 4.79 Å². The van der Waals surface area contributed by atoms with Gasteiger partial charge < -0.3 is 4.74 Å². The summed E-state index contributed by atoms with van der Waals surface area (Å²) in [4.78, 5) is 18.2. The largest absolute Gasteiger partial charge is 0.457 e. The summed E-state index contributed by atoms with van der Waals surface area (Å²) in [6, 6.07) is 7.64. The zero-order valence-electron chi connectivity index (χ0n) is 15.2. The Morgan fingerprint density at radius 3 is 1.40 bits per heavy atom. The molecule has 2 aromatic rings. The molecule has 0 amide bonds. The minimum atomic E-state index is -0.398. The number of hydrogen-bond acceptors (Lipinski definition) is 4. The molecule has 0 saturated carbocycles. The van der Waals surface area contributed by atoms with E-state index in [4.69, 9.17) is 4.74 Å². The molecule has 0 N–H and O–H groups in total. The molecule has 0 aliphatic heterocycles. The molecule has 0 fully saturated rings. The van der Waals surface area contributed by atoms with E-state index in [0.717, 1.165) is 17.2 Å². The number of carbonyl (C=O) groups excluding carboxylic acids is 1. The highest BCUT2D eigenvalue weighted by atomic mass is 16.6. The molecule has 4 heteroatoms. The quantitative estimate of drug-likeness (QED) is 0.586. The standard InChI is InChI=1S/2C7H7N.C7H12O2/c2*1-2-7-3-5-8-6-4-7;1-5-6(8)9-7(2,3)4/h2*2-6H,1H2;5H,1H2,2-4H3. The van der Waals surface area contributed by atoms with E-state index in [-0.39, 0.29) is 5.97 Å². The van der Waals surface area contributed by atoms with Gasteiger partial charge in [0.15, 0.2) is 0 Å². The van der Waals surface area contributed by atoms with E-state index in [1.165, 1.54) is 0 Å². The number of hydrogen-bond donors (Lipinski definition) is 0. The molecule has 0 spiro atoms. The molecule has 0 bridgehead atoms. The predicted octanol–water partition coefficient (Wildman–Crippen LogP) is 4.96. The Morgan fingerprint density at radius 2 is 1.24 bits per heavy atom. The Labute approximate surface area is 150 Å². The summed E-state index contributed by atoms with van der Waals surface area (Å²) in [7, 11) is 0. The normalized spacial score (nSPS) is 9.24. The Hall–Kier alpha value is -3.01. The summed E-state index contributed by atoms with van der Waals surface area (Å²) >= 11 is 0. The monoisotopic (exact) mass is 338 g/mol. The first-order valence-electron chi connectivity index (χ1n) is 7.72. The van der Waals surface area contributed by atoms with E-state index in [1.807, 2.05) is 45.0 Å². The zero-order chi connectivity index (χ0) is 19.1. The third-order valence-electron chi connectivity index (χ3n) is 2.46. The van der Waals surface area contributed by atoms with E-state index in [0.29, 0.717) is 0 Å². The second kappa shape index (κ2) is 12.4. The van der Waals surface area contributed by atoms with E-state index in [9.17, 15) is 4.79 Å². The number of esters is 1. The highest BCUT2D eigenvalue weighted by molar-refractivity contribution is 5.81. The molecule has 0 unspecified atom stereocenters. The average molecular weight is 338 g/mol. The number of aromatic nitrogens is 2. The zero-order valence-corrected chi connectivity index (χ0v) is 15.2. The first-order valence-corrected chi connectivity index (χ1v) is 7.72. The van der Waals surface area contributed by atoms with Gasteiger partial charge in [0.2, 0.25) is 0 Å². The molecule has 0 aromatic carbocycles. The Kier molecular flexibility index (Phi) is 10.9. The van der Waals surface area contributed by atoms with Crippen molar-refractivity contribution in [3.05, 3.63) is 86.0 Å². The minimum Gasteiger partial charge on any atom is -0.457 e. The van der Waals surface area contributed by atoms with Crippen LogP contribution in [-0.2, 0) is 9.53 Å². The molecule has 132 valence electrons. The maximum absolute atomic E-state index is 10.5. The van der Waals surface area contributed by atoms with Crippen LogP contribution in [0.1, 0.15) is 31.9 Å². The topological polar surface area (TPSA) is 52.1 Å². The number of rotatable bonds is 3. The molecule has 2 aromatic heterocycles.